The zero-order valence-corrected chi connectivity index (χ0v) is 14.9. The van der Waals surface area contributed by atoms with Crippen molar-refractivity contribution < 1.29 is 4.74 Å². The first-order chi connectivity index (χ1) is 9.73. The molecule has 0 radical (unpaired) electrons. The Morgan fingerprint density at radius 1 is 1.00 bits per heavy atom. The van der Waals surface area contributed by atoms with Crippen molar-refractivity contribution >= 4 is 5.57 Å². The molecule has 0 N–H and O–H groups in total. The van der Waals surface area contributed by atoms with E-state index < -0.39 is 0 Å². The highest BCUT2D eigenvalue weighted by Crippen LogP contribution is 2.44. The first kappa shape index (κ1) is 16.1. The number of fused-ring (bicyclic) bond motifs is 1. The highest BCUT2D eigenvalue weighted by molar-refractivity contribution is 5.77. The summed E-state index contributed by atoms with van der Waals surface area (Å²) in [4.78, 5) is 0. The van der Waals surface area contributed by atoms with Crippen LogP contribution < -0.4 is 4.74 Å². The van der Waals surface area contributed by atoms with Crippen LogP contribution in [0.3, 0.4) is 0 Å². The van der Waals surface area contributed by atoms with E-state index in [1.807, 2.05) is 0 Å². The largest absolute Gasteiger partial charge is 0.489 e. The van der Waals surface area contributed by atoms with E-state index in [1.165, 1.54) is 27.8 Å². The van der Waals surface area contributed by atoms with Gasteiger partial charge in [-0.3, -0.25) is 0 Å². The average molecular weight is 286 g/mol. The molecule has 0 aromatic heterocycles. The van der Waals surface area contributed by atoms with E-state index in [0.29, 0.717) is 17.8 Å². The zero-order chi connectivity index (χ0) is 15.9. The molecule has 21 heavy (non-hydrogen) atoms. The number of aryl methyl sites for hydroxylation is 1. The SMILES string of the molecule is Cc1cc(C(C)C)c2c(c1C)O[C@H](C)[C@H](C)C=C2C(C)C. The molecule has 1 heteroatoms. The minimum absolute atomic E-state index is 0.223. The van der Waals surface area contributed by atoms with Gasteiger partial charge in [0.25, 0.3) is 0 Å². The van der Waals surface area contributed by atoms with Gasteiger partial charge in [-0.05, 0) is 54.9 Å². The Morgan fingerprint density at radius 3 is 2.14 bits per heavy atom. The van der Waals surface area contributed by atoms with Crippen molar-refractivity contribution in [1.82, 2.24) is 0 Å². The second-order valence-electron chi connectivity index (χ2n) is 7.23. The van der Waals surface area contributed by atoms with Crippen LogP contribution in [0.25, 0.3) is 5.57 Å². The van der Waals surface area contributed by atoms with Crippen LogP contribution in [0.2, 0.25) is 0 Å². The molecule has 0 fully saturated rings. The van der Waals surface area contributed by atoms with E-state index in [9.17, 15) is 0 Å². The predicted octanol–water partition coefficient (Wildman–Crippen LogP) is 5.88. The van der Waals surface area contributed by atoms with Gasteiger partial charge in [0.05, 0.1) is 0 Å². The van der Waals surface area contributed by atoms with Gasteiger partial charge in [0, 0.05) is 11.5 Å². The van der Waals surface area contributed by atoms with Crippen molar-refractivity contribution in [2.45, 2.75) is 67.4 Å². The van der Waals surface area contributed by atoms with Crippen molar-refractivity contribution in [2.24, 2.45) is 11.8 Å². The van der Waals surface area contributed by atoms with Crippen molar-refractivity contribution in [1.29, 1.82) is 0 Å². The van der Waals surface area contributed by atoms with Crippen LogP contribution in [0.1, 0.15) is 69.7 Å². The Hall–Kier alpha value is -1.24. The van der Waals surface area contributed by atoms with Crippen molar-refractivity contribution in [3.05, 3.63) is 34.4 Å². The van der Waals surface area contributed by atoms with E-state index in [-0.39, 0.29) is 6.10 Å². The molecular weight excluding hydrogens is 256 g/mol. The van der Waals surface area contributed by atoms with Gasteiger partial charge >= 0.3 is 0 Å². The molecule has 0 saturated carbocycles. The molecule has 1 heterocycles. The summed E-state index contributed by atoms with van der Waals surface area (Å²) in [5.41, 5.74) is 6.87. The Kier molecular flexibility index (Phi) is 4.51. The summed E-state index contributed by atoms with van der Waals surface area (Å²) in [5, 5.41) is 0. The fourth-order valence-corrected chi connectivity index (χ4v) is 3.09. The third-order valence-corrected chi connectivity index (χ3v) is 4.84. The van der Waals surface area contributed by atoms with Crippen molar-refractivity contribution in [3.63, 3.8) is 0 Å². The highest BCUT2D eigenvalue weighted by Gasteiger charge is 2.27. The van der Waals surface area contributed by atoms with Crippen LogP contribution in [0, 0.1) is 25.7 Å². The van der Waals surface area contributed by atoms with Gasteiger partial charge in [-0.25, -0.2) is 0 Å². The number of allylic oxidation sites excluding steroid dienone is 1. The van der Waals surface area contributed by atoms with E-state index in [1.54, 1.807) is 0 Å². The summed E-state index contributed by atoms with van der Waals surface area (Å²) in [6.07, 6.45) is 2.66. The minimum atomic E-state index is 0.223. The second-order valence-corrected chi connectivity index (χ2v) is 7.23. The van der Waals surface area contributed by atoms with Gasteiger partial charge in [0.2, 0.25) is 0 Å². The molecule has 1 nitrogen and oxygen atoms in total. The molecule has 0 amide bonds. The Labute approximate surface area is 130 Å². The van der Waals surface area contributed by atoms with Crippen LogP contribution in [-0.4, -0.2) is 6.10 Å². The third-order valence-electron chi connectivity index (χ3n) is 4.84. The van der Waals surface area contributed by atoms with Crippen LogP contribution >= 0.6 is 0 Å². The lowest BCUT2D eigenvalue weighted by Crippen LogP contribution is -2.19. The van der Waals surface area contributed by atoms with Crippen LogP contribution in [-0.2, 0) is 0 Å². The summed E-state index contributed by atoms with van der Waals surface area (Å²) < 4.78 is 6.40. The maximum Gasteiger partial charge on any atom is 0.130 e. The summed E-state index contributed by atoms with van der Waals surface area (Å²) in [6, 6.07) is 2.36. The Balaban J connectivity index is 2.81. The molecular formula is C20H30O. The zero-order valence-electron chi connectivity index (χ0n) is 14.9. The standard InChI is InChI=1S/C20H30O/c1-11(2)17-9-13(5)15(7)20-19(17)18(12(3)4)10-14(6)16(8)21-20/h9-12,14,16H,1-8H3/t14-,16-/m1/s1. The smallest absolute Gasteiger partial charge is 0.130 e. The average Bonchev–Trinajstić information content (AvgIpc) is 2.52. The topological polar surface area (TPSA) is 9.23 Å². The molecule has 1 aliphatic heterocycles. The van der Waals surface area contributed by atoms with Crippen LogP contribution in [0.4, 0.5) is 0 Å². The molecule has 2 rings (SSSR count). The van der Waals surface area contributed by atoms with E-state index in [2.05, 4.69) is 67.5 Å². The number of rotatable bonds is 2. The minimum Gasteiger partial charge on any atom is -0.489 e. The van der Waals surface area contributed by atoms with E-state index in [0.717, 1.165) is 5.75 Å². The molecule has 116 valence electrons. The third kappa shape index (κ3) is 2.88. The first-order valence-corrected chi connectivity index (χ1v) is 8.26. The number of benzene rings is 1. The lowest BCUT2D eigenvalue weighted by Gasteiger charge is -2.24. The van der Waals surface area contributed by atoms with Gasteiger partial charge in [0.1, 0.15) is 11.9 Å². The van der Waals surface area contributed by atoms with Crippen molar-refractivity contribution in [2.75, 3.05) is 0 Å². The van der Waals surface area contributed by atoms with Gasteiger partial charge in [0.15, 0.2) is 0 Å². The normalized spacial score (nSPS) is 21.9. The van der Waals surface area contributed by atoms with E-state index >= 15 is 0 Å². The Morgan fingerprint density at radius 2 is 1.62 bits per heavy atom. The summed E-state index contributed by atoms with van der Waals surface area (Å²) in [6.45, 7) is 18.0. The molecule has 0 aliphatic carbocycles. The molecule has 2 atom stereocenters. The van der Waals surface area contributed by atoms with Gasteiger partial charge in [-0.2, -0.15) is 0 Å². The molecule has 0 bridgehead atoms. The number of ether oxygens (including phenoxy) is 1. The highest BCUT2D eigenvalue weighted by atomic mass is 16.5. The van der Waals surface area contributed by atoms with Gasteiger partial charge < -0.3 is 4.74 Å². The van der Waals surface area contributed by atoms with Crippen molar-refractivity contribution in [3.8, 4) is 5.75 Å². The Bertz CT molecular complexity index is 564. The van der Waals surface area contributed by atoms with Gasteiger partial charge in [-0.15, -0.1) is 0 Å². The first-order valence-electron chi connectivity index (χ1n) is 8.26. The molecule has 0 unspecified atom stereocenters. The molecule has 0 spiro atoms. The molecule has 1 aliphatic rings. The molecule has 0 saturated heterocycles. The maximum atomic E-state index is 6.40. The maximum absolute atomic E-state index is 6.40. The second kappa shape index (κ2) is 5.87. The predicted molar refractivity (Wildman–Crippen MR) is 92.1 cm³/mol. The van der Waals surface area contributed by atoms with Crippen LogP contribution in [0.15, 0.2) is 12.1 Å². The van der Waals surface area contributed by atoms with E-state index in [4.69, 9.17) is 4.74 Å². The number of hydrogen-bond acceptors (Lipinski definition) is 1. The quantitative estimate of drug-likeness (QED) is 0.659. The summed E-state index contributed by atoms with van der Waals surface area (Å²) >= 11 is 0. The van der Waals surface area contributed by atoms with Crippen LogP contribution in [0.5, 0.6) is 5.75 Å². The number of hydrogen-bond donors (Lipinski definition) is 0. The fourth-order valence-electron chi connectivity index (χ4n) is 3.09. The molecule has 1 aromatic carbocycles. The lowest BCUT2D eigenvalue weighted by atomic mass is 9.83. The lowest BCUT2D eigenvalue weighted by molar-refractivity contribution is 0.184. The molecule has 1 aromatic rings. The summed E-state index contributed by atoms with van der Waals surface area (Å²) in [7, 11) is 0. The summed E-state index contributed by atoms with van der Waals surface area (Å²) in [5.74, 6) is 2.58. The monoisotopic (exact) mass is 286 g/mol. The van der Waals surface area contributed by atoms with Gasteiger partial charge in [-0.1, -0.05) is 46.8 Å². The fraction of sp³-hybridized carbons (Fsp3) is 0.600.